The molecule has 50 valence electrons. The molecule has 0 amide bonds. The number of nitrogens with zero attached hydrogens (tertiary/aromatic N) is 3. The SMILES string of the molecule is CCC1(CN=[N+]=[N-])CO1. The Morgan fingerprint density at radius 1 is 1.89 bits per heavy atom. The van der Waals surface area contributed by atoms with Crippen LogP contribution in [0.1, 0.15) is 13.3 Å². The Bertz CT molecular complexity index is 146. The Labute approximate surface area is 53.4 Å². The molecule has 0 radical (unpaired) electrons. The second kappa shape index (κ2) is 2.25. The van der Waals surface area contributed by atoms with Crippen molar-refractivity contribution in [2.75, 3.05) is 13.2 Å². The highest BCUT2D eigenvalue weighted by molar-refractivity contribution is 4.92. The molecule has 1 atom stereocenters. The molecule has 0 spiro atoms. The van der Waals surface area contributed by atoms with Crippen LogP contribution >= 0.6 is 0 Å². The Kier molecular flexibility index (Phi) is 1.60. The van der Waals surface area contributed by atoms with E-state index in [0.29, 0.717) is 6.54 Å². The van der Waals surface area contributed by atoms with Crippen molar-refractivity contribution in [3.05, 3.63) is 10.4 Å². The monoisotopic (exact) mass is 127 g/mol. The van der Waals surface area contributed by atoms with Gasteiger partial charge in [0.15, 0.2) is 0 Å². The first-order valence-corrected chi connectivity index (χ1v) is 2.98. The predicted octanol–water partition coefficient (Wildman–Crippen LogP) is 1.48. The number of azide groups is 1. The average molecular weight is 127 g/mol. The zero-order valence-corrected chi connectivity index (χ0v) is 5.37. The Morgan fingerprint density at radius 3 is 2.89 bits per heavy atom. The number of rotatable bonds is 3. The van der Waals surface area contributed by atoms with Crippen LogP contribution in [0.2, 0.25) is 0 Å². The lowest BCUT2D eigenvalue weighted by Gasteiger charge is -2.00. The first-order chi connectivity index (χ1) is 4.33. The highest BCUT2D eigenvalue weighted by atomic mass is 16.6. The van der Waals surface area contributed by atoms with E-state index in [1.807, 2.05) is 6.92 Å². The van der Waals surface area contributed by atoms with Crippen LogP contribution in [0.4, 0.5) is 0 Å². The maximum atomic E-state index is 7.96. The van der Waals surface area contributed by atoms with Gasteiger partial charge in [0.25, 0.3) is 0 Å². The van der Waals surface area contributed by atoms with Crippen LogP contribution in [0.15, 0.2) is 5.11 Å². The molecule has 4 nitrogen and oxygen atoms in total. The van der Waals surface area contributed by atoms with Crippen molar-refractivity contribution >= 4 is 0 Å². The van der Waals surface area contributed by atoms with Crippen molar-refractivity contribution in [1.82, 2.24) is 0 Å². The summed E-state index contributed by atoms with van der Waals surface area (Å²) in [4.78, 5) is 2.65. The van der Waals surface area contributed by atoms with Crippen molar-refractivity contribution < 1.29 is 4.74 Å². The van der Waals surface area contributed by atoms with Gasteiger partial charge in [-0.05, 0) is 12.0 Å². The molecule has 0 aromatic rings. The molecule has 9 heavy (non-hydrogen) atoms. The minimum absolute atomic E-state index is 0.0772. The third-order valence-corrected chi connectivity index (χ3v) is 1.62. The molecule has 0 bridgehead atoms. The Balaban J connectivity index is 2.33. The van der Waals surface area contributed by atoms with Gasteiger partial charge in [-0.15, -0.1) is 0 Å². The first kappa shape index (κ1) is 6.39. The highest BCUT2D eigenvalue weighted by Crippen LogP contribution is 2.30. The largest absolute Gasteiger partial charge is 0.369 e. The highest BCUT2D eigenvalue weighted by Gasteiger charge is 2.41. The summed E-state index contributed by atoms with van der Waals surface area (Å²) in [6, 6.07) is 0. The van der Waals surface area contributed by atoms with E-state index in [1.165, 1.54) is 0 Å². The van der Waals surface area contributed by atoms with Gasteiger partial charge in [0.05, 0.1) is 18.8 Å². The summed E-state index contributed by atoms with van der Waals surface area (Å²) in [6.45, 7) is 3.27. The normalized spacial score (nSPS) is 31.2. The van der Waals surface area contributed by atoms with Crippen LogP contribution in [-0.4, -0.2) is 18.8 Å². The summed E-state index contributed by atoms with van der Waals surface area (Å²) in [7, 11) is 0. The molecule has 1 aliphatic heterocycles. The van der Waals surface area contributed by atoms with Gasteiger partial charge in [-0.3, -0.25) is 0 Å². The molecular weight excluding hydrogens is 118 g/mol. The predicted molar refractivity (Wildman–Crippen MR) is 33.0 cm³/mol. The summed E-state index contributed by atoms with van der Waals surface area (Å²) in [5.41, 5.74) is 7.88. The van der Waals surface area contributed by atoms with Crippen molar-refractivity contribution in [3.8, 4) is 0 Å². The van der Waals surface area contributed by atoms with Crippen LogP contribution in [0.5, 0.6) is 0 Å². The first-order valence-electron chi connectivity index (χ1n) is 2.98. The molecule has 0 saturated carbocycles. The zero-order chi connectivity index (χ0) is 6.74. The quantitative estimate of drug-likeness (QED) is 0.245. The van der Waals surface area contributed by atoms with E-state index in [2.05, 4.69) is 10.0 Å². The van der Waals surface area contributed by atoms with Gasteiger partial charge in [-0.1, -0.05) is 12.0 Å². The van der Waals surface area contributed by atoms with Gasteiger partial charge in [-0.25, -0.2) is 0 Å². The van der Waals surface area contributed by atoms with Gasteiger partial charge >= 0.3 is 0 Å². The van der Waals surface area contributed by atoms with Gasteiger partial charge in [-0.2, -0.15) is 0 Å². The lowest BCUT2D eigenvalue weighted by atomic mass is 10.1. The van der Waals surface area contributed by atoms with E-state index in [9.17, 15) is 0 Å². The third-order valence-electron chi connectivity index (χ3n) is 1.62. The Morgan fingerprint density at radius 2 is 2.56 bits per heavy atom. The standard InChI is InChI=1S/C5H9N3O/c1-2-5(4-9-5)3-7-8-6/h2-4H2,1H3. The maximum Gasteiger partial charge on any atom is 0.0970 e. The van der Waals surface area contributed by atoms with Crippen LogP contribution in [-0.2, 0) is 4.74 Å². The van der Waals surface area contributed by atoms with E-state index in [1.54, 1.807) is 0 Å². The summed E-state index contributed by atoms with van der Waals surface area (Å²) in [5.74, 6) is 0. The minimum Gasteiger partial charge on any atom is -0.369 e. The smallest absolute Gasteiger partial charge is 0.0970 e. The van der Waals surface area contributed by atoms with E-state index in [0.717, 1.165) is 13.0 Å². The van der Waals surface area contributed by atoms with Crippen LogP contribution in [0.3, 0.4) is 0 Å². The topological polar surface area (TPSA) is 61.3 Å². The summed E-state index contributed by atoms with van der Waals surface area (Å²) >= 11 is 0. The van der Waals surface area contributed by atoms with E-state index in [-0.39, 0.29) is 5.60 Å². The van der Waals surface area contributed by atoms with Gasteiger partial charge in [0.2, 0.25) is 0 Å². The number of hydrogen-bond donors (Lipinski definition) is 0. The molecule has 4 heteroatoms. The number of ether oxygens (including phenoxy) is 1. The van der Waals surface area contributed by atoms with Crippen molar-refractivity contribution in [3.63, 3.8) is 0 Å². The van der Waals surface area contributed by atoms with Crippen LogP contribution in [0, 0.1) is 0 Å². The van der Waals surface area contributed by atoms with Crippen molar-refractivity contribution in [2.45, 2.75) is 18.9 Å². The average Bonchev–Trinajstić information content (AvgIpc) is 2.65. The van der Waals surface area contributed by atoms with E-state index in [4.69, 9.17) is 10.3 Å². The summed E-state index contributed by atoms with van der Waals surface area (Å²) in [6.07, 6.45) is 0.937. The molecule has 0 aliphatic carbocycles. The summed E-state index contributed by atoms with van der Waals surface area (Å²) < 4.78 is 5.08. The molecule has 1 saturated heterocycles. The molecule has 1 rings (SSSR count). The fraction of sp³-hybridized carbons (Fsp3) is 1.00. The molecule has 1 unspecified atom stereocenters. The van der Waals surface area contributed by atoms with Crippen molar-refractivity contribution in [1.29, 1.82) is 0 Å². The third kappa shape index (κ3) is 1.34. The van der Waals surface area contributed by atoms with Gasteiger partial charge < -0.3 is 4.74 Å². The number of epoxide rings is 1. The molecule has 0 N–H and O–H groups in total. The molecule has 0 aromatic heterocycles. The number of hydrogen-bond acceptors (Lipinski definition) is 2. The van der Waals surface area contributed by atoms with E-state index >= 15 is 0 Å². The molecular formula is C5H9N3O. The minimum atomic E-state index is -0.0772. The molecule has 1 heterocycles. The molecule has 0 aromatic carbocycles. The van der Waals surface area contributed by atoms with Crippen LogP contribution in [0.25, 0.3) is 10.4 Å². The van der Waals surface area contributed by atoms with Crippen LogP contribution < -0.4 is 0 Å². The van der Waals surface area contributed by atoms with Crippen molar-refractivity contribution in [2.24, 2.45) is 5.11 Å². The zero-order valence-electron chi connectivity index (χ0n) is 5.37. The lowest BCUT2D eigenvalue weighted by Crippen LogP contribution is -2.12. The Hall–Kier alpha value is -0.730. The van der Waals surface area contributed by atoms with Gasteiger partial charge in [0.1, 0.15) is 0 Å². The second-order valence-corrected chi connectivity index (χ2v) is 2.21. The fourth-order valence-electron chi connectivity index (χ4n) is 0.670. The molecule has 1 aliphatic rings. The second-order valence-electron chi connectivity index (χ2n) is 2.21. The molecule has 1 fully saturated rings. The van der Waals surface area contributed by atoms with E-state index < -0.39 is 0 Å². The fourth-order valence-corrected chi connectivity index (χ4v) is 0.670. The lowest BCUT2D eigenvalue weighted by molar-refractivity contribution is 0.302. The summed E-state index contributed by atoms with van der Waals surface area (Å²) in [5, 5.41) is 3.43. The maximum absolute atomic E-state index is 7.96. The van der Waals surface area contributed by atoms with Gasteiger partial charge in [0, 0.05) is 4.91 Å².